The minimum atomic E-state index is -0.0716. The number of hydrogen-bond donors (Lipinski definition) is 1. The van der Waals surface area contributed by atoms with Crippen molar-refractivity contribution in [3.8, 4) is 5.00 Å². The zero-order valence-corrected chi connectivity index (χ0v) is 18.2. The van der Waals surface area contributed by atoms with Crippen LogP contribution < -0.4 is 5.32 Å². The van der Waals surface area contributed by atoms with Gasteiger partial charge in [0, 0.05) is 24.9 Å². The molecule has 0 radical (unpaired) electrons. The lowest BCUT2D eigenvalue weighted by molar-refractivity contribution is 0.0952. The van der Waals surface area contributed by atoms with Crippen molar-refractivity contribution in [2.24, 2.45) is 7.05 Å². The van der Waals surface area contributed by atoms with E-state index >= 15 is 0 Å². The smallest absolute Gasteiger partial charge is 0.254 e. The highest BCUT2D eigenvalue weighted by Crippen LogP contribution is 2.30. The Bertz CT molecular complexity index is 1160. The zero-order chi connectivity index (χ0) is 21.1. The van der Waals surface area contributed by atoms with E-state index in [1.807, 2.05) is 32.0 Å². The maximum Gasteiger partial charge on any atom is 0.254 e. The average molecular weight is 424 g/mol. The number of aryl methyl sites for hydroxylation is 3. The van der Waals surface area contributed by atoms with Gasteiger partial charge in [-0.15, -0.1) is 16.4 Å². The van der Waals surface area contributed by atoms with Crippen LogP contribution in [0.4, 0.5) is 0 Å². The third-order valence-electron chi connectivity index (χ3n) is 5.39. The molecular weight excluding hydrogens is 398 g/mol. The van der Waals surface area contributed by atoms with Gasteiger partial charge in [0.1, 0.15) is 17.2 Å². The van der Waals surface area contributed by atoms with Crippen molar-refractivity contribution in [2.75, 3.05) is 6.54 Å². The Morgan fingerprint density at radius 1 is 1.17 bits per heavy atom. The van der Waals surface area contributed by atoms with Crippen LogP contribution in [-0.4, -0.2) is 42.2 Å². The highest BCUT2D eigenvalue weighted by molar-refractivity contribution is 7.15. The number of fused-ring (bicyclic) bond motifs is 1. The van der Waals surface area contributed by atoms with Crippen molar-refractivity contribution in [3.05, 3.63) is 52.4 Å². The monoisotopic (exact) mass is 423 g/mol. The second-order valence-electron chi connectivity index (χ2n) is 7.36. The van der Waals surface area contributed by atoms with E-state index in [-0.39, 0.29) is 5.91 Å². The topological polar surface area (TPSA) is 90.5 Å². The maximum atomic E-state index is 12.8. The minimum Gasteiger partial charge on any atom is -0.352 e. The van der Waals surface area contributed by atoms with Crippen molar-refractivity contribution in [3.63, 3.8) is 0 Å². The van der Waals surface area contributed by atoms with Crippen LogP contribution in [0.5, 0.6) is 0 Å². The molecule has 0 atom stereocenters. The number of carbonyl (C=O) groups is 1. The van der Waals surface area contributed by atoms with Gasteiger partial charge in [-0.05, 0) is 54.8 Å². The Hall–Kier alpha value is -3.07. The number of amides is 1. The summed E-state index contributed by atoms with van der Waals surface area (Å²) in [5, 5.41) is 15.1. The molecule has 4 aromatic rings. The molecule has 0 fully saturated rings. The molecule has 0 saturated carbocycles. The second kappa shape index (κ2) is 8.74. The molecule has 1 aromatic carbocycles. The molecule has 8 nitrogen and oxygen atoms in total. The van der Waals surface area contributed by atoms with Crippen LogP contribution in [0.2, 0.25) is 0 Å². The number of carbonyl (C=O) groups excluding carboxylic acids is 1. The number of benzene rings is 1. The van der Waals surface area contributed by atoms with Crippen LogP contribution >= 0.6 is 11.3 Å². The van der Waals surface area contributed by atoms with Gasteiger partial charge in [0.15, 0.2) is 0 Å². The lowest BCUT2D eigenvalue weighted by Gasteiger charge is -2.07. The summed E-state index contributed by atoms with van der Waals surface area (Å²) >= 11 is 1.53. The fourth-order valence-electron chi connectivity index (χ4n) is 3.59. The number of aromatic nitrogens is 6. The van der Waals surface area contributed by atoms with Crippen molar-refractivity contribution in [1.82, 2.24) is 35.1 Å². The molecule has 0 saturated heterocycles. The van der Waals surface area contributed by atoms with Gasteiger partial charge in [-0.1, -0.05) is 18.6 Å². The van der Waals surface area contributed by atoms with Crippen molar-refractivity contribution in [1.29, 1.82) is 0 Å². The van der Waals surface area contributed by atoms with Crippen LogP contribution in [0.25, 0.3) is 16.0 Å². The zero-order valence-electron chi connectivity index (χ0n) is 17.4. The summed E-state index contributed by atoms with van der Waals surface area (Å²) < 4.78 is 3.72. The first-order valence-corrected chi connectivity index (χ1v) is 10.9. The van der Waals surface area contributed by atoms with E-state index in [0.29, 0.717) is 12.1 Å². The van der Waals surface area contributed by atoms with Gasteiger partial charge in [0.05, 0.1) is 16.6 Å². The molecule has 0 aliphatic rings. The Balaban J connectivity index is 1.28. The van der Waals surface area contributed by atoms with Crippen molar-refractivity contribution in [2.45, 2.75) is 39.5 Å². The predicted octanol–water partition coefficient (Wildman–Crippen LogP) is 3.37. The van der Waals surface area contributed by atoms with Gasteiger partial charge in [0.2, 0.25) is 0 Å². The normalized spacial score (nSPS) is 11.3. The maximum absolute atomic E-state index is 12.8. The molecule has 3 heterocycles. The molecule has 1 amide bonds. The van der Waals surface area contributed by atoms with E-state index in [0.717, 1.165) is 52.5 Å². The molecule has 4 rings (SSSR count). The summed E-state index contributed by atoms with van der Waals surface area (Å²) in [6.45, 7) is 4.61. The molecule has 0 spiro atoms. The van der Waals surface area contributed by atoms with E-state index in [9.17, 15) is 4.79 Å². The fraction of sp³-hybridized carbons (Fsp3) is 0.381. The highest BCUT2D eigenvalue weighted by Gasteiger charge is 2.21. The first-order chi connectivity index (χ1) is 14.6. The Kier molecular flexibility index (Phi) is 5.89. The van der Waals surface area contributed by atoms with E-state index in [1.165, 1.54) is 23.2 Å². The van der Waals surface area contributed by atoms with Gasteiger partial charge < -0.3 is 9.88 Å². The SMILES string of the molecule is Cc1sc(-n2cnnn2)c(C(=O)NCCCCCc2nc3ccccc3n2C)c1C. The third kappa shape index (κ3) is 3.97. The van der Waals surface area contributed by atoms with E-state index in [4.69, 9.17) is 4.98 Å². The predicted molar refractivity (Wildman–Crippen MR) is 117 cm³/mol. The molecule has 0 bridgehead atoms. The summed E-state index contributed by atoms with van der Waals surface area (Å²) in [4.78, 5) is 18.6. The number of tetrazole rings is 1. The number of nitrogens with one attached hydrogen (secondary N) is 1. The molecule has 30 heavy (non-hydrogen) atoms. The van der Waals surface area contributed by atoms with Crippen LogP contribution in [0.1, 0.15) is 45.9 Å². The van der Waals surface area contributed by atoms with E-state index < -0.39 is 0 Å². The molecule has 0 aliphatic carbocycles. The van der Waals surface area contributed by atoms with E-state index in [1.54, 1.807) is 4.68 Å². The first-order valence-electron chi connectivity index (χ1n) is 10.1. The summed E-state index contributed by atoms with van der Waals surface area (Å²) in [6.07, 6.45) is 5.45. The minimum absolute atomic E-state index is 0.0716. The number of imidazole rings is 1. The van der Waals surface area contributed by atoms with E-state index in [2.05, 4.69) is 38.5 Å². The summed E-state index contributed by atoms with van der Waals surface area (Å²) in [5.41, 5.74) is 3.84. The first kappa shape index (κ1) is 20.2. The largest absolute Gasteiger partial charge is 0.352 e. The number of rotatable bonds is 8. The second-order valence-corrected chi connectivity index (χ2v) is 8.56. The Morgan fingerprint density at radius 3 is 2.77 bits per heavy atom. The highest BCUT2D eigenvalue weighted by atomic mass is 32.1. The number of para-hydroxylation sites is 2. The molecule has 1 N–H and O–H groups in total. The van der Waals surface area contributed by atoms with Crippen molar-refractivity contribution < 1.29 is 4.79 Å². The molecular formula is C21H25N7OS. The van der Waals surface area contributed by atoms with Gasteiger partial charge in [-0.3, -0.25) is 4.79 Å². The van der Waals surface area contributed by atoms with Gasteiger partial charge in [-0.25, -0.2) is 4.98 Å². The summed E-state index contributed by atoms with van der Waals surface area (Å²) in [7, 11) is 2.07. The Labute approximate surface area is 178 Å². The number of nitrogens with zero attached hydrogens (tertiary/aromatic N) is 6. The summed E-state index contributed by atoms with van der Waals surface area (Å²) in [6, 6.07) is 8.20. The fourth-order valence-corrected chi connectivity index (χ4v) is 4.66. The average Bonchev–Trinajstić information content (AvgIpc) is 3.45. The van der Waals surface area contributed by atoms with Crippen molar-refractivity contribution >= 4 is 28.3 Å². The molecule has 3 aromatic heterocycles. The van der Waals surface area contributed by atoms with Gasteiger partial charge >= 0.3 is 0 Å². The number of thiophene rings is 1. The summed E-state index contributed by atoms with van der Waals surface area (Å²) in [5.74, 6) is 1.04. The molecule has 0 aliphatic heterocycles. The lowest BCUT2D eigenvalue weighted by Crippen LogP contribution is -2.25. The Morgan fingerprint density at radius 2 is 2.00 bits per heavy atom. The standard InChI is InChI=1S/C21H25N7OS/c1-14-15(2)30-21(28-13-23-25-26-28)19(14)20(29)22-12-8-4-5-11-18-24-16-9-6-7-10-17(16)27(18)3/h6-7,9-10,13H,4-5,8,11-12H2,1-3H3,(H,22,29). The third-order valence-corrected chi connectivity index (χ3v) is 6.59. The molecule has 156 valence electrons. The number of unbranched alkanes of at least 4 members (excludes halogenated alkanes) is 2. The van der Waals surface area contributed by atoms with Crippen LogP contribution in [0, 0.1) is 13.8 Å². The van der Waals surface area contributed by atoms with Crippen LogP contribution in [-0.2, 0) is 13.5 Å². The quantitative estimate of drug-likeness (QED) is 0.439. The van der Waals surface area contributed by atoms with Gasteiger partial charge in [-0.2, -0.15) is 4.68 Å². The van der Waals surface area contributed by atoms with Crippen LogP contribution in [0.3, 0.4) is 0 Å². The lowest BCUT2D eigenvalue weighted by atomic mass is 10.1. The van der Waals surface area contributed by atoms with Crippen LogP contribution in [0.15, 0.2) is 30.6 Å². The van der Waals surface area contributed by atoms with Gasteiger partial charge in [0.25, 0.3) is 5.91 Å². The number of hydrogen-bond acceptors (Lipinski definition) is 6. The molecule has 0 unspecified atom stereocenters. The molecule has 9 heteroatoms.